The molecule has 0 spiro atoms. The standard InChI is InChI=1S/C23H25N3O3S/c1-15(14-29-2)26-22(28)18-10-6-7-11-19(18)25-23(26)30-20(16-8-4-3-5-9-16)21(27)24-17-12-13-17/h3-11,15,17,20H,12-14H2,1-2H3,(H,24,27)/t15-,20-/m0/s1. The number of nitrogens with zero attached hydrogens (tertiary/aromatic N) is 2. The smallest absolute Gasteiger partial charge is 0.262 e. The van der Waals surface area contributed by atoms with E-state index in [-0.39, 0.29) is 23.6 Å². The summed E-state index contributed by atoms with van der Waals surface area (Å²) in [5.74, 6) is -0.0537. The molecule has 1 fully saturated rings. The Morgan fingerprint density at radius 3 is 2.60 bits per heavy atom. The van der Waals surface area contributed by atoms with Gasteiger partial charge in [-0.25, -0.2) is 4.98 Å². The van der Waals surface area contributed by atoms with E-state index in [0.717, 1.165) is 18.4 Å². The number of amides is 1. The molecule has 2 atom stereocenters. The molecule has 156 valence electrons. The first-order valence-electron chi connectivity index (χ1n) is 10.1. The van der Waals surface area contributed by atoms with Crippen molar-refractivity contribution < 1.29 is 9.53 Å². The molecule has 1 aliphatic rings. The van der Waals surface area contributed by atoms with Crippen molar-refractivity contribution in [3.8, 4) is 0 Å². The van der Waals surface area contributed by atoms with E-state index in [9.17, 15) is 9.59 Å². The minimum atomic E-state index is -0.499. The molecule has 1 heterocycles. The van der Waals surface area contributed by atoms with E-state index in [2.05, 4.69) is 5.32 Å². The third-order valence-electron chi connectivity index (χ3n) is 5.11. The fraction of sp³-hybridized carbons (Fsp3) is 0.348. The lowest BCUT2D eigenvalue weighted by Crippen LogP contribution is -2.32. The molecular weight excluding hydrogens is 398 g/mol. The van der Waals surface area contributed by atoms with Gasteiger partial charge in [-0.05, 0) is 37.5 Å². The maximum Gasteiger partial charge on any atom is 0.262 e. The first-order valence-corrected chi connectivity index (χ1v) is 11.0. The van der Waals surface area contributed by atoms with Gasteiger partial charge in [0.15, 0.2) is 5.16 Å². The van der Waals surface area contributed by atoms with Gasteiger partial charge in [0.25, 0.3) is 5.56 Å². The minimum absolute atomic E-state index is 0.0537. The lowest BCUT2D eigenvalue weighted by Gasteiger charge is -2.22. The summed E-state index contributed by atoms with van der Waals surface area (Å²) >= 11 is 1.31. The largest absolute Gasteiger partial charge is 0.383 e. The molecule has 3 aromatic rings. The number of para-hydroxylation sites is 1. The van der Waals surface area contributed by atoms with E-state index >= 15 is 0 Å². The number of hydrogen-bond donors (Lipinski definition) is 1. The second-order valence-corrected chi connectivity index (χ2v) is 8.65. The topological polar surface area (TPSA) is 73.2 Å². The van der Waals surface area contributed by atoms with Crippen molar-refractivity contribution in [2.75, 3.05) is 13.7 Å². The zero-order chi connectivity index (χ0) is 21.1. The van der Waals surface area contributed by atoms with E-state index in [4.69, 9.17) is 9.72 Å². The summed E-state index contributed by atoms with van der Waals surface area (Å²) in [6.07, 6.45) is 2.03. The van der Waals surface area contributed by atoms with Crippen LogP contribution in [0.1, 0.15) is 36.6 Å². The van der Waals surface area contributed by atoms with Gasteiger partial charge in [0.2, 0.25) is 5.91 Å². The van der Waals surface area contributed by atoms with Gasteiger partial charge in [-0.2, -0.15) is 0 Å². The molecule has 4 rings (SSSR count). The normalized spacial score (nSPS) is 15.7. The van der Waals surface area contributed by atoms with Crippen LogP contribution in [0.4, 0.5) is 0 Å². The predicted molar refractivity (Wildman–Crippen MR) is 119 cm³/mol. The Balaban J connectivity index is 1.79. The van der Waals surface area contributed by atoms with Crippen LogP contribution in [0, 0.1) is 0 Å². The van der Waals surface area contributed by atoms with Crippen molar-refractivity contribution in [1.29, 1.82) is 0 Å². The average molecular weight is 424 g/mol. The van der Waals surface area contributed by atoms with Gasteiger partial charge in [-0.3, -0.25) is 14.2 Å². The lowest BCUT2D eigenvalue weighted by molar-refractivity contribution is -0.120. The Labute approximate surface area is 179 Å². The molecule has 1 aromatic heterocycles. The molecule has 6 nitrogen and oxygen atoms in total. The van der Waals surface area contributed by atoms with Gasteiger partial charge >= 0.3 is 0 Å². The second-order valence-electron chi connectivity index (χ2n) is 7.58. The van der Waals surface area contributed by atoms with Crippen molar-refractivity contribution in [3.05, 3.63) is 70.5 Å². The van der Waals surface area contributed by atoms with Crippen LogP contribution < -0.4 is 10.9 Å². The van der Waals surface area contributed by atoms with Crippen LogP contribution in [0.25, 0.3) is 10.9 Å². The highest BCUT2D eigenvalue weighted by Gasteiger charge is 2.31. The Kier molecular flexibility index (Phi) is 6.20. The van der Waals surface area contributed by atoms with E-state index in [1.165, 1.54) is 11.8 Å². The Morgan fingerprint density at radius 2 is 1.90 bits per heavy atom. The van der Waals surface area contributed by atoms with E-state index in [1.807, 2.05) is 55.5 Å². The van der Waals surface area contributed by atoms with E-state index in [0.29, 0.717) is 22.7 Å². The first kappa shape index (κ1) is 20.6. The third kappa shape index (κ3) is 4.42. The maximum absolute atomic E-state index is 13.3. The van der Waals surface area contributed by atoms with Crippen LogP contribution in [0.15, 0.2) is 64.5 Å². The van der Waals surface area contributed by atoms with E-state index < -0.39 is 5.25 Å². The number of nitrogens with one attached hydrogen (secondary N) is 1. The molecule has 0 unspecified atom stereocenters. The molecule has 0 saturated heterocycles. The van der Waals surface area contributed by atoms with E-state index in [1.54, 1.807) is 17.7 Å². The van der Waals surface area contributed by atoms with Crippen molar-refractivity contribution >= 4 is 28.6 Å². The molecule has 1 amide bonds. The molecule has 2 aromatic carbocycles. The minimum Gasteiger partial charge on any atom is -0.383 e. The molecular formula is C23H25N3O3S. The number of hydrogen-bond acceptors (Lipinski definition) is 5. The summed E-state index contributed by atoms with van der Waals surface area (Å²) in [5.41, 5.74) is 1.39. The summed E-state index contributed by atoms with van der Waals surface area (Å²) in [6, 6.07) is 17.0. The molecule has 0 bridgehead atoms. The maximum atomic E-state index is 13.3. The zero-order valence-corrected chi connectivity index (χ0v) is 17.9. The molecule has 1 N–H and O–H groups in total. The van der Waals surface area contributed by atoms with Crippen LogP contribution in [0.3, 0.4) is 0 Å². The fourth-order valence-electron chi connectivity index (χ4n) is 3.42. The Hall–Kier alpha value is -2.64. The molecule has 1 saturated carbocycles. The average Bonchev–Trinajstić information content (AvgIpc) is 3.57. The molecule has 0 radical (unpaired) electrons. The molecule has 7 heteroatoms. The number of thioether (sulfide) groups is 1. The number of benzene rings is 2. The number of aromatic nitrogens is 2. The Morgan fingerprint density at radius 1 is 1.20 bits per heavy atom. The van der Waals surface area contributed by atoms with Gasteiger partial charge in [0.05, 0.1) is 23.6 Å². The monoisotopic (exact) mass is 423 g/mol. The van der Waals surface area contributed by atoms with Crippen LogP contribution in [0.5, 0.6) is 0 Å². The second kappa shape index (κ2) is 9.02. The van der Waals surface area contributed by atoms with Crippen LogP contribution in [0.2, 0.25) is 0 Å². The van der Waals surface area contributed by atoms with Crippen molar-refractivity contribution in [2.24, 2.45) is 0 Å². The van der Waals surface area contributed by atoms with Gasteiger partial charge in [-0.15, -0.1) is 0 Å². The summed E-state index contributed by atoms with van der Waals surface area (Å²) in [6.45, 7) is 2.30. The van der Waals surface area contributed by atoms with Crippen molar-refractivity contribution in [3.63, 3.8) is 0 Å². The van der Waals surface area contributed by atoms with Gasteiger partial charge in [0.1, 0.15) is 5.25 Å². The Bertz CT molecular complexity index is 1100. The highest BCUT2D eigenvalue weighted by atomic mass is 32.2. The summed E-state index contributed by atoms with van der Waals surface area (Å²) in [7, 11) is 1.61. The SMILES string of the molecule is COC[C@H](C)n1c(S[C@H](C(=O)NC2CC2)c2ccccc2)nc2ccccc2c1=O. The lowest BCUT2D eigenvalue weighted by atomic mass is 10.1. The first-order chi connectivity index (χ1) is 14.6. The molecule has 30 heavy (non-hydrogen) atoms. The van der Waals surface area contributed by atoms with Gasteiger partial charge < -0.3 is 10.1 Å². The summed E-state index contributed by atoms with van der Waals surface area (Å²) < 4.78 is 6.95. The summed E-state index contributed by atoms with van der Waals surface area (Å²) in [5, 5.41) is 3.67. The quantitative estimate of drug-likeness (QED) is 0.442. The number of carbonyl (C=O) groups is 1. The van der Waals surface area contributed by atoms with Crippen LogP contribution in [-0.2, 0) is 9.53 Å². The van der Waals surface area contributed by atoms with Crippen molar-refractivity contribution in [1.82, 2.24) is 14.9 Å². The summed E-state index contributed by atoms with van der Waals surface area (Å²) in [4.78, 5) is 31.1. The van der Waals surface area contributed by atoms with Gasteiger partial charge in [-0.1, -0.05) is 54.2 Å². The van der Waals surface area contributed by atoms with Gasteiger partial charge in [0, 0.05) is 13.2 Å². The number of rotatable bonds is 8. The zero-order valence-electron chi connectivity index (χ0n) is 17.1. The number of fused-ring (bicyclic) bond motifs is 1. The number of methoxy groups -OCH3 is 1. The van der Waals surface area contributed by atoms with Crippen LogP contribution >= 0.6 is 11.8 Å². The third-order valence-corrected chi connectivity index (χ3v) is 6.33. The highest BCUT2D eigenvalue weighted by molar-refractivity contribution is 8.00. The van der Waals surface area contributed by atoms with Crippen molar-refractivity contribution in [2.45, 2.75) is 42.3 Å². The fourth-order valence-corrected chi connectivity index (χ4v) is 4.63. The highest BCUT2D eigenvalue weighted by Crippen LogP contribution is 2.36. The number of ether oxygens (including phenoxy) is 1. The molecule has 0 aliphatic heterocycles. The van der Waals surface area contributed by atoms with Crippen LogP contribution in [-0.4, -0.2) is 35.2 Å². The predicted octanol–water partition coefficient (Wildman–Crippen LogP) is 3.72. The number of carbonyl (C=O) groups excluding carboxylic acids is 1. The molecule has 1 aliphatic carbocycles.